The summed E-state index contributed by atoms with van der Waals surface area (Å²) in [6.45, 7) is 2.04. The Morgan fingerprint density at radius 3 is 2.83 bits per heavy atom. The Balaban J connectivity index is 2.10. The third kappa shape index (κ3) is 0.956. The van der Waals surface area contributed by atoms with Crippen LogP contribution < -0.4 is 0 Å². The normalized spacial score (nSPS) is 31.1. The van der Waals surface area contributed by atoms with Gasteiger partial charge in [0.15, 0.2) is 11.9 Å². The molecule has 1 heterocycles. The first kappa shape index (κ1) is 7.49. The van der Waals surface area contributed by atoms with Gasteiger partial charge in [0.05, 0.1) is 12.2 Å². The van der Waals surface area contributed by atoms with Crippen molar-refractivity contribution in [2.24, 2.45) is 0 Å². The van der Waals surface area contributed by atoms with Gasteiger partial charge in [-0.1, -0.05) is 0 Å². The molecule has 4 nitrogen and oxygen atoms in total. The van der Waals surface area contributed by atoms with Crippen molar-refractivity contribution < 1.29 is 19.1 Å². The number of hydrogen-bond acceptors (Lipinski definition) is 4. The lowest BCUT2D eigenvalue weighted by Crippen LogP contribution is -2.10. The van der Waals surface area contributed by atoms with Crippen LogP contribution in [0.5, 0.6) is 0 Å². The molecule has 0 saturated carbocycles. The molecule has 4 heteroatoms. The van der Waals surface area contributed by atoms with Crippen LogP contribution in [0.15, 0.2) is 11.6 Å². The van der Waals surface area contributed by atoms with Crippen molar-refractivity contribution >= 4 is 11.8 Å². The third-order valence-electron chi connectivity index (χ3n) is 1.89. The van der Waals surface area contributed by atoms with E-state index in [1.165, 1.54) is 6.08 Å². The molecule has 2 rings (SSSR count). The minimum Gasteiger partial charge on any atom is -0.463 e. The van der Waals surface area contributed by atoms with E-state index in [1.807, 2.05) is 0 Å². The van der Waals surface area contributed by atoms with Gasteiger partial charge in [0.25, 0.3) is 0 Å². The van der Waals surface area contributed by atoms with E-state index in [9.17, 15) is 9.59 Å². The summed E-state index contributed by atoms with van der Waals surface area (Å²) in [6.07, 6.45) is 0.623. The Kier molecular flexibility index (Phi) is 1.51. The van der Waals surface area contributed by atoms with Crippen molar-refractivity contribution in [2.45, 2.75) is 19.1 Å². The molecule has 0 spiro atoms. The van der Waals surface area contributed by atoms with E-state index in [0.717, 1.165) is 0 Å². The molecule has 0 aromatic heterocycles. The predicted octanol–water partition coefficient (Wildman–Crippen LogP) is -0.174. The van der Waals surface area contributed by atoms with E-state index in [1.54, 1.807) is 6.92 Å². The maximum atomic E-state index is 11.1. The first-order valence-electron chi connectivity index (χ1n) is 3.82. The summed E-state index contributed by atoms with van der Waals surface area (Å²) in [6, 6.07) is 0. The summed E-state index contributed by atoms with van der Waals surface area (Å²) in [5.41, 5.74) is 0.367. The fraction of sp³-hybridized carbons (Fsp3) is 0.500. The van der Waals surface area contributed by atoms with Crippen LogP contribution in [0.1, 0.15) is 6.92 Å². The molecule has 2 atom stereocenters. The topological polar surface area (TPSA) is 55.9 Å². The van der Waals surface area contributed by atoms with Crippen molar-refractivity contribution in [2.75, 3.05) is 6.61 Å². The highest BCUT2D eigenvalue weighted by atomic mass is 16.6. The molecule has 2 aliphatic rings. The van der Waals surface area contributed by atoms with E-state index in [2.05, 4.69) is 0 Å². The van der Waals surface area contributed by atoms with Gasteiger partial charge in [0.2, 0.25) is 0 Å². The van der Waals surface area contributed by atoms with Gasteiger partial charge < -0.3 is 9.47 Å². The first-order chi connectivity index (χ1) is 5.74. The molecule has 1 aliphatic heterocycles. The molecule has 0 bridgehead atoms. The smallest absolute Gasteiger partial charge is 0.336 e. The average molecular weight is 168 g/mol. The van der Waals surface area contributed by atoms with E-state index in [4.69, 9.17) is 9.47 Å². The monoisotopic (exact) mass is 168 g/mol. The van der Waals surface area contributed by atoms with Crippen LogP contribution in [-0.2, 0) is 19.1 Å². The number of ether oxygens (including phenoxy) is 2. The fourth-order valence-corrected chi connectivity index (χ4v) is 1.27. The Morgan fingerprint density at radius 1 is 1.67 bits per heavy atom. The molecule has 2 unspecified atom stereocenters. The van der Waals surface area contributed by atoms with Crippen LogP contribution in [0.25, 0.3) is 0 Å². The largest absolute Gasteiger partial charge is 0.463 e. The van der Waals surface area contributed by atoms with Crippen LogP contribution >= 0.6 is 0 Å². The molecule has 1 aliphatic carbocycles. The molecule has 0 aromatic carbocycles. The summed E-state index contributed by atoms with van der Waals surface area (Å²) in [5.74, 6) is -0.557. The van der Waals surface area contributed by atoms with Gasteiger partial charge in [-0.2, -0.15) is 0 Å². The van der Waals surface area contributed by atoms with Crippen LogP contribution in [0.4, 0.5) is 0 Å². The molecular weight excluding hydrogens is 160 g/mol. The second-order valence-electron chi connectivity index (χ2n) is 2.70. The van der Waals surface area contributed by atoms with E-state index in [-0.39, 0.29) is 18.0 Å². The molecule has 64 valence electrons. The van der Waals surface area contributed by atoms with Gasteiger partial charge in [-0.05, 0) is 13.0 Å². The molecule has 1 fully saturated rings. The fourth-order valence-electron chi connectivity index (χ4n) is 1.27. The van der Waals surface area contributed by atoms with E-state index >= 15 is 0 Å². The lowest BCUT2D eigenvalue weighted by Gasteiger charge is -2.00. The van der Waals surface area contributed by atoms with Gasteiger partial charge in [0, 0.05) is 0 Å². The quantitative estimate of drug-likeness (QED) is 0.424. The molecule has 0 aromatic rings. The zero-order valence-corrected chi connectivity index (χ0v) is 6.57. The molecule has 12 heavy (non-hydrogen) atoms. The summed E-state index contributed by atoms with van der Waals surface area (Å²) in [4.78, 5) is 22.0. The lowest BCUT2D eigenvalue weighted by molar-refractivity contribution is -0.139. The number of fused-ring (bicyclic) bond motifs is 1. The van der Waals surface area contributed by atoms with Crippen LogP contribution in [-0.4, -0.2) is 30.6 Å². The highest BCUT2D eigenvalue weighted by Crippen LogP contribution is 2.36. The van der Waals surface area contributed by atoms with Crippen molar-refractivity contribution in [1.82, 2.24) is 0 Å². The standard InChI is InChI=1S/C8H8O4/c1-2-11-8(10)4-3-5(9)7-6(4)12-7/h3,6-7H,2H2,1H3. The van der Waals surface area contributed by atoms with Gasteiger partial charge in [0.1, 0.15) is 6.10 Å². The minimum atomic E-state index is -0.434. The second kappa shape index (κ2) is 2.42. The van der Waals surface area contributed by atoms with Gasteiger partial charge in [-0.3, -0.25) is 4.79 Å². The maximum Gasteiger partial charge on any atom is 0.336 e. The van der Waals surface area contributed by atoms with Crippen molar-refractivity contribution in [3.8, 4) is 0 Å². The predicted molar refractivity (Wildman–Crippen MR) is 38.4 cm³/mol. The van der Waals surface area contributed by atoms with Crippen LogP contribution in [0.3, 0.4) is 0 Å². The average Bonchev–Trinajstić information content (AvgIpc) is 2.74. The molecular formula is C8H8O4. The first-order valence-corrected chi connectivity index (χ1v) is 3.82. The number of carbonyl (C=O) groups is 2. The van der Waals surface area contributed by atoms with Crippen LogP contribution in [0, 0.1) is 0 Å². The Morgan fingerprint density at radius 2 is 2.42 bits per heavy atom. The van der Waals surface area contributed by atoms with Gasteiger partial charge in [-0.25, -0.2) is 4.79 Å². The van der Waals surface area contributed by atoms with E-state index < -0.39 is 5.97 Å². The molecule has 0 amide bonds. The summed E-state index contributed by atoms with van der Waals surface area (Å²) in [7, 11) is 0. The third-order valence-corrected chi connectivity index (χ3v) is 1.89. The minimum absolute atomic E-state index is 0.122. The van der Waals surface area contributed by atoms with Crippen molar-refractivity contribution in [3.63, 3.8) is 0 Å². The SMILES string of the molecule is CCOC(=O)C1=CC(=O)C2OC12. The zero-order valence-electron chi connectivity index (χ0n) is 6.57. The maximum absolute atomic E-state index is 11.1. The van der Waals surface area contributed by atoms with Crippen molar-refractivity contribution in [3.05, 3.63) is 11.6 Å². The number of epoxide rings is 1. The second-order valence-corrected chi connectivity index (χ2v) is 2.70. The Hall–Kier alpha value is -1.16. The molecule has 0 N–H and O–H groups in total. The Bertz CT molecular complexity index is 279. The highest BCUT2D eigenvalue weighted by Gasteiger charge is 2.54. The molecule has 1 saturated heterocycles. The van der Waals surface area contributed by atoms with Gasteiger partial charge in [-0.15, -0.1) is 0 Å². The summed E-state index contributed by atoms with van der Waals surface area (Å²) >= 11 is 0. The highest BCUT2D eigenvalue weighted by molar-refractivity contribution is 6.09. The Labute approximate surface area is 69.1 Å². The number of rotatable bonds is 2. The number of carbonyl (C=O) groups excluding carboxylic acids is 2. The van der Waals surface area contributed by atoms with Crippen molar-refractivity contribution in [1.29, 1.82) is 0 Å². The number of esters is 1. The van der Waals surface area contributed by atoms with Crippen LogP contribution in [0.2, 0.25) is 0 Å². The number of hydrogen-bond donors (Lipinski definition) is 0. The molecule has 0 radical (unpaired) electrons. The summed E-state index contributed by atoms with van der Waals surface area (Å²) < 4.78 is 9.66. The number of ketones is 1. The lowest BCUT2D eigenvalue weighted by atomic mass is 10.2. The summed E-state index contributed by atoms with van der Waals surface area (Å²) in [5, 5.41) is 0. The van der Waals surface area contributed by atoms with E-state index in [0.29, 0.717) is 12.2 Å². The zero-order chi connectivity index (χ0) is 8.72. The van der Waals surface area contributed by atoms with Gasteiger partial charge >= 0.3 is 5.97 Å².